The highest BCUT2D eigenvalue weighted by atomic mass is 79.9. The van der Waals surface area contributed by atoms with Crippen molar-refractivity contribution in [1.29, 1.82) is 0 Å². The molecule has 0 bridgehead atoms. The largest absolute Gasteiger partial charge is 0.383 e. The molecule has 2 aromatic rings. The molecule has 0 aliphatic heterocycles. The molecule has 0 unspecified atom stereocenters. The smallest absolute Gasteiger partial charge is 0.112 e. The van der Waals surface area contributed by atoms with E-state index in [1.807, 2.05) is 24.5 Å². The van der Waals surface area contributed by atoms with Gasteiger partial charge in [-0.15, -0.1) is 0 Å². The predicted molar refractivity (Wildman–Crippen MR) is 77.7 cm³/mol. The SMILES string of the molecule is CCC1(CNc2ccnc3cc(Br)cnc23)CC1. The van der Waals surface area contributed by atoms with E-state index in [1.165, 1.54) is 19.3 Å². The van der Waals surface area contributed by atoms with E-state index in [0.29, 0.717) is 5.41 Å². The average Bonchev–Trinajstić information content (AvgIpc) is 3.16. The molecule has 1 N–H and O–H groups in total. The normalized spacial score (nSPS) is 16.8. The summed E-state index contributed by atoms with van der Waals surface area (Å²) in [5.74, 6) is 0. The molecule has 4 heteroatoms. The molecule has 94 valence electrons. The van der Waals surface area contributed by atoms with E-state index in [0.717, 1.165) is 27.7 Å². The van der Waals surface area contributed by atoms with Gasteiger partial charge < -0.3 is 5.32 Å². The van der Waals surface area contributed by atoms with E-state index in [-0.39, 0.29) is 0 Å². The van der Waals surface area contributed by atoms with Crippen molar-refractivity contribution in [2.45, 2.75) is 26.2 Å². The lowest BCUT2D eigenvalue weighted by molar-refractivity contribution is 0.521. The summed E-state index contributed by atoms with van der Waals surface area (Å²) in [6, 6.07) is 4.01. The number of pyridine rings is 2. The Morgan fingerprint density at radius 3 is 2.94 bits per heavy atom. The van der Waals surface area contributed by atoms with Crippen LogP contribution in [0.2, 0.25) is 0 Å². The average molecular weight is 306 g/mol. The van der Waals surface area contributed by atoms with Gasteiger partial charge in [-0.2, -0.15) is 0 Å². The van der Waals surface area contributed by atoms with E-state index in [1.54, 1.807) is 0 Å². The first-order valence-corrected chi connectivity index (χ1v) is 7.16. The van der Waals surface area contributed by atoms with Gasteiger partial charge in [0.2, 0.25) is 0 Å². The highest BCUT2D eigenvalue weighted by molar-refractivity contribution is 9.10. The van der Waals surface area contributed by atoms with Gasteiger partial charge in [-0.25, -0.2) is 0 Å². The maximum atomic E-state index is 4.46. The lowest BCUT2D eigenvalue weighted by Crippen LogP contribution is -2.14. The fourth-order valence-corrected chi connectivity index (χ4v) is 2.58. The van der Waals surface area contributed by atoms with Crippen molar-refractivity contribution in [2.24, 2.45) is 5.41 Å². The van der Waals surface area contributed by atoms with Crippen LogP contribution in [-0.2, 0) is 0 Å². The summed E-state index contributed by atoms with van der Waals surface area (Å²) < 4.78 is 0.965. The lowest BCUT2D eigenvalue weighted by atomic mass is 10.0. The monoisotopic (exact) mass is 305 g/mol. The molecule has 3 rings (SSSR count). The third-order valence-corrected chi connectivity index (χ3v) is 4.34. The minimum atomic E-state index is 0.533. The van der Waals surface area contributed by atoms with Gasteiger partial charge in [-0.3, -0.25) is 9.97 Å². The number of nitrogens with zero attached hydrogens (tertiary/aromatic N) is 2. The summed E-state index contributed by atoms with van der Waals surface area (Å²) >= 11 is 3.43. The Kier molecular flexibility index (Phi) is 2.98. The third-order valence-electron chi connectivity index (χ3n) is 3.91. The van der Waals surface area contributed by atoms with Crippen LogP contribution in [0.3, 0.4) is 0 Å². The maximum absolute atomic E-state index is 4.46. The topological polar surface area (TPSA) is 37.8 Å². The van der Waals surface area contributed by atoms with E-state index in [4.69, 9.17) is 0 Å². The third kappa shape index (κ3) is 2.21. The predicted octanol–water partition coefficient (Wildman–Crippen LogP) is 3.99. The molecule has 1 aliphatic rings. The number of hydrogen-bond donors (Lipinski definition) is 1. The van der Waals surface area contributed by atoms with Crippen molar-refractivity contribution in [3.63, 3.8) is 0 Å². The van der Waals surface area contributed by atoms with Crippen LogP contribution >= 0.6 is 15.9 Å². The summed E-state index contributed by atoms with van der Waals surface area (Å²) in [7, 11) is 0. The van der Waals surface area contributed by atoms with Gasteiger partial charge >= 0.3 is 0 Å². The second kappa shape index (κ2) is 4.50. The number of fused-ring (bicyclic) bond motifs is 1. The van der Waals surface area contributed by atoms with E-state index in [9.17, 15) is 0 Å². The van der Waals surface area contributed by atoms with Crippen molar-refractivity contribution < 1.29 is 0 Å². The number of halogens is 1. The molecule has 1 saturated carbocycles. The van der Waals surface area contributed by atoms with Crippen LogP contribution in [0.4, 0.5) is 5.69 Å². The zero-order valence-corrected chi connectivity index (χ0v) is 12.0. The molecule has 3 nitrogen and oxygen atoms in total. The molecule has 1 aliphatic carbocycles. The molecule has 0 spiro atoms. The van der Waals surface area contributed by atoms with Gasteiger partial charge in [-0.05, 0) is 52.7 Å². The van der Waals surface area contributed by atoms with Gasteiger partial charge in [0.15, 0.2) is 0 Å². The van der Waals surface area contributed by atoms with E-state index in [2.05, 4.69) is 38.1 Å². The first-order valence-electron chi connectivity index (χ1n) is 6.37. The standard InChI is InChI=1S/C14H16BrN3/c1-2-14(4-5-14)9-18-11-3-6-16-12-7-10(15)8-17-13(11)12/h3,6-8H,2,4-5,9H2,1H3,(H,16,18). The first-order chi connectivity index (χ1) is 8.72. The van der Waals surface area contributed by atoms with E-state index >= 15 is 0 Å². The molecule has 0 atom stereocenters. The molecule has 2 aromatic heterocycles. The molecule has 0 saturated heterocycles. The lowest BCUT2D eigenvalue weighted by Gasteiger charge is -2.15. The molecule has 2 heterocycles. The first kappa shape index (κ1) is 11.9. The molecule has 0 aromatic carbocycles. The minimum absolute atomic E-state index is 0.533. The summed E-state index contributed by atoms with van der Waals surface area (Å²) in [5, 5.41) is 3.54. The number of rotatable bonds is 4. The molecule has 18 heavy (non-hydrogen) atoms. The zero-order valence-electron chi connectivity index (χ0n) is 10.4. The number of nitrogens with one attached hydrogen (secondary N) is 1. The number of aromatic nitrogens is 2. The Morgan fingerprint density at radius 1 is 1.39 bits per heavy atom. The second-order valence-electron chi connectivity index (χ2n) is 5.09. The van der Waals surface area contributed by atoms with Crippen LogP contribution < -0.4 is 5.32 Å². The maximum Gasteiger partial charge on any atom is 0.112 e. The van der Waals surface area contributed by atoms with Crippen LogP contribution in [0.1, 0.15) is 26.2 Å². The Hall–Kier alpha value is -1.16. The van der Waals surface area contributed by atoms with Crippen LogP contribution in [-0.4, -0.2) is 16.5 Å². The van der Waals surface area contributed by atoms with Crippen LogP contribution in [0.25, 0.3) is 11.0 Å². The van der Waals surface area contributed by atoms with E-state index < -0.39 is 0 Å². The quantitative estimate of drug-likeness (QED) is 0.928. The Labute approximate surface area is 115 Å². The Balaban J connectivity index is 1.87. The zero-order chi connectivity index (χ0) is 12.6. The highest BCUT2D eigenvalue weighted by Crippen LogP contribution is 2.48. The number of anilines is 1. The number of hydrogen-bond acceptors (Lipinski definition) is 3. The van der Waals surface area contributed by atoms with Crippen molar-refractivity contribution in [3.8, 4) is 0 Å². The molecule has 1 fully saturated rings. The molecule has 0 amide bonds. The van der Waals surface area contributed by atoms with Gasteiger partial charge in [-0.1, -0.05) is 6.92 Å². The summed E-state index contributed by atoms with van der Waals surface area (Å²) in [5.41, 5.74) is 3.50. The fourth-order valence-electron chi connectivity index (χ4n) is 2.26. The molecular formula is C14H16BrN3. The summed E-state index contributed by atoms with van der Waals surface area (Å²) in [6.45, 7) is 3.31. The second-order valence-corrected chi connectivity index (χ2v) is 6.00. The summed E-state index contributed by atoms with van der Waals surface area (Å²) in [6.07, 6.45) is 7.60. The highest BCUT2D eigenvalue weighted by Gasteiger charge is 2.40. The summed E-state index contributed by atoms with van der Waals surface area (Å²) in [4.78, 5) is 8.81. The molecular weight excluding hydrogens is 290 g/mol. The van der Waals surface area contributed by atoms with Crippen LogP contribution in [0.5, 0.6) is 0 Å². The van der Waals surface area contributed by atoms with Crippen LogP contribution in [0, 0.1) is 5.41 Å². The van der Waals surface area contributed by atoms with Gasteiger partial charge in [0.05, 0.1) is 11.2 Å². The fraction of sp³-hybridized carbons (Fsp3) is 0.429. The Morgan fingerprint density at radius 2 is 2.22 bits per heavy atom. The van der Waals surface area contributed by atoms with Gasteiger partial charge in [0, 0.05) is 23.4 Å². The Bertz CT molecular complexity index is 578. The van der Waals surface area contributed by atoms with Crippen molar-refractivity contribution >= 4 is 32.7 Å². The van der Waals surface area contributed by atoms with Gasteiger partial charge in [0.25, 0.3) is 0 Å². The van der Waals surface area contributed by atoms with Crippen molar-refractivity contribution in [3.05, 3.63) is 29.0 Å². The van der Waals surface area contributed by atoms with Crippen molar-refractivity contribution in [1.82, 2.24) is 9.97 Å². The minimum Gasteiger partial charge on any atom is -0.383 e. The van der Waals surface area contributed by atoms with Crippen LogP contribution in [0.15, 0.2) is 29.0 Å². The van der Waals surface area contributed by atoms with Gasteiger partial charge in [0.1, 0.15) is 5.52 Å². The van der Waals surface area contributed by atoms with Crippen molar-refractivity contribution in [2.75, 3.05) is 11.9 Å². The molecule has 0 radical (unpaired) electrons.